The lowest BCUT2D eigenvalue weighted by molar-refractivity contribution is -0.174. The zero-order valence-electron chi connectivity index (χ0n) is 16.8. The number of hydrogen-bond acceptors (Lipinski definition) is 5. The number of aromatic nitrogens is 1. The second kappa shape index (κ2) is 6.92. The summed E-state index contributed by atoms with van der Waals surface area (Å²) in [6.45, 7) is 7.25. The van der Waals surface area contributed by atoms with E-state index in [4.69, 9.17) is 9.26 Å². The van der Waals surface area contributed by atoms with Crippen LogP contribution in [0.2, 0.25) is 0 Å². The molecule has 2 aromatic rings. The van der Waals surface area contributed by atoms with E-state index in [0.29, 0.717) is 30.1 Å². The van der Waals surface area contributed by atoms with Crippen molar-refractivity contribution >= 4 is 5.91 Å². The van der Waals surface area contributed by atoms with Crippen molar-refractivity contribution in [1.82, 2.24) is 10.1 Å². The molecule has 1 N–H and O–H groups in total. The van der Waals surface area contributed by atoms with Crippen LogP contribution in [0.1, 0.15) is 60.0 Å². The number of carbonyl (C=O) groups is 1. The maximum absolute atomic E-state index is 13.1. The van der Waals surface area contributed by atoms with E-state index in [1.165, 1.54) is 0 Å². The summed E-state index contributed by atoms with van der Waals surface area (Å²) in [5.74, 6) is 1.24. The summed E-state index contributed by atoms with van der Waals surface area (Å²) in [5.41, 5.74) is 1.52. The van der Waals surface area contributed by atoms with Gasteiger partial charge in [0.15, 0.2) is 5.69 Å². The number of hydrogen-bond donors (Lipinski definition) is 1. The summed E-state index contributed by atoms with van der Waals surface area (Å²) in [6.07, 6.45) is 3.56. The molecule has 1 saturated carbocycles. The van der Waals surface area contributed by atoms with Crippen molar-refractivity contribution in [3.8, 4) is 5.75 Å². The normalized spacial score (nSPS) is 23.5. The van der Waals surface area contributed by atoms with E-state index in [9.17, 15) is 9.90 Å². The van der Waals surface area contributed by atoms with E-state index in [1.807, 2.05) is 43.0 Å². The van der Waals surface area contributed by atoms with Gasteiger partial charge in [0.25, 0.3) is 5.91 Å². The van der Waals surface area contributed by atoms with Crippen LogP contribution < -0.4 is 4.74 Å². The number of aryl methyl sites for hydroxylation is 2. The van der Waals surface area contributed by atoms with E-state index in [1.54, 1.807) is 6.92 Å². The molecule has 2 aliphatic rings. The molecule has 0 bridgehead atoms. The molecule has 1 aliphatic carbocycles. The van der Waals surface area contributed by atoms with Crippen molar-refractivity contribution < 1.29 is 19.2 Å². The van der Waals surface area contributed by atoms with Gasteiger partial charge < -0.3 is 19.3 Å². The molecule has 0 radical (unpaired) electrons. The van der Waals surface area contributed by atoms with Crippen LogP contribution in [0.3, 0.4) is 0 Å². The number of rotatable bonds is 4. The molecular formula is C22H28N2O4. The highest BCUT2D eigenvalue weighted by Gasteiger charge is 2.56. The summed E-state index contributed by atoms with van der Waals surface area (Å²) < 4.78 is 11.2. The lowest BCUT2D eigenvalue weighted by Gasteiger charge is -2.58. The van der Waals surface area contributed by atoms with E-state index in [0.717, 1.165) is 37.0 Å². The Kier molecular flexibility index (Phi) is 4.70. The van der Waals surface area contributed by atoms with Crippen LogP contribution >= 0.6 is 0 Å². The molecule has 2 heterocycles. The highest BCUT2D eigenvalue weighted by atomic mass is 16.5. The van der Waals surface area contributed by atoms with Crippen molar-refractivity contribution in [2.24, 2.45) is 5.41 Å². The molecule has 2 fully saturated rings. The summed E-state index contributed by atoms with van der Waals surface area (Å²) in [7, 11) is 0. The van der Waals surface area contributed by atoms with Gasteiger partial charge in [0, 0.05) is 18.5 Å². The number of piperidine rings is 1. The summed E-state index contributed by atoms with van der Waals surface area (Å²) in [5, 5.41) is 14.6. The zero-order valence-corrected chi connectivity index (χ0v) is 16.8. The van der Waals surface area contributed by atoms with Crippen molar-refractivity contribution in [3.05, 3.63) is 46.8 Å². The highest BCUT2D eigenvalue weighted by molar-refractivity contribution is 5.93. The molecule has 28 heavy (non-hydrogen) atoms. The lowest BCUT2D eigenvalue weighted by Crippen LogP contribution is -2.60. The average Bonchev–Trinajstić information content (AvgIpc) is 3.05. The number of aliphatic hydroxyl groups is 1. The molecule has 6 nitrogen and oxygen atoms in total. The molecule has 1 spiro atoms. The summed E-state index contributed by atoms with van der Waals surface area (Å²) >= 11 is 0. The van der Waals surface area contributed by atoms with Gasteiger partial charge in [-0.1, -0.05) is 17.3 Å². The molecule has 4 rings (SSSR count). The van der Waals surface area contributed by atoms with Crippen LogP contribution in [0.15, 0.2) is 28.8 Å². The molecule has 6 heteroatoms. The first-order valence-electron chi connectivity index (χ1n) is 9.98. The van der Waals surface area contributed by atoms with E-state index in [2.05, 4.69) is 5.16 Å². The molecular weight excluding hydrogens is 356 g/mol. The standard InChI is InChI=1S/C22H28N2O4/c1-15-5-4-6-17(13-15)27-14-18-16(2)28-23-19(18)20(25)24-11-9-22(10-12-24)8-7-21(22,3)26/h4-6,13,26H,7-12,14H2,1-3H3. The van der Waals surface area contributed by atoms with Crippen LogP contribution in [-0.2, 0) is 6.61 Å². The fraction of sp³-hybridized carbons (Fsp3) is 0.545. The SMILES string of the molecule is Cc1cccc(OCc2c(C(=O)N3CCC4(CC3)CCC4(C)O)noc2C)c1. The Bertz CT molecular complexity index is 878. The summed E-state index contributed by atoms with van der Waals surface area (Å²) in [6, 6.07) is 7.80. The van der Waals surface area contributed by atoms with Gasteiger partial charge in [-0.25, -0.2) is 0 Å². The van der Waals surface area contributed by atoms with Gasteiger partial charge in [0.05, 0.1) is 11.2 Å². The largest absolute Gasteiger partial charge is 0.489 e. The Morgan fingerprint density at radius 2 is 2.00 bits per heavy atom. The average molecular weight is 384 g/mol. The van der Waals surface area contributed by atoms with Crippen LogP contribution in [0.4, 0.5) is 0 Å². The number of amides is 1. The van der Waals surface area contributed by atoms with E-state index in [-0.39, 0.29) is 17.9 Å². The molecule has 1 atom stereocenters. The molecule has 150 valence electrons. The molecule has 1 saturated heterocycles. The quantitative estimate of drug-likeness (QED) is 0.871. The van der Waals surface area contributed by atoms with Crippen LogP contribution in [0.5, 0.6) is 5.75 Å². The maximum Gasteiger partial charge on any atom is 0.276 e. The van der Waals surface area contributed by atoms with Crippen molar-refractivity contribution in [3.63, 3.8) is 0 Å². The summed E-state index contributed by atoms with van der Waals surface area (Å²) in [4.78, 5) is 14.9. The monoisotopic (exact) mass is 384 g/mol. The third-order valence-corrected chi connectivity index (χ3v) is 6.80. The Morgan fingerprint density at radius 3 is 2.61 bits per heavy atom. The third kappa shape index (κ3) is 3.20. The van der Waals surface area contributed by atoms with Gasteiger partial charge >= 0.3 is 0 Å². The fourth-order valence-corrected chi connectivity index (χ4v) is 4.51. The minimum atomic E-state index is -0.598. The number of nitrogens with zero attached hydrogens (tertiary/aromatic N) is 2. The Hall–Kier alpha value is -2.34. The van der Waals surface area contributed by atoms with Crippen molar-refractivity contribution in [2.75, 3.05) is 13.1 Å². The predicted molar refractivity (Wildman–Crippen MR) is 104 cm³/mol. The molecule has 1 aromatic heterocycles. The number of likely N-dealkylation sites (tertiary alicyclic amines) is 1. The van der Waals surface area contributed by atoms with E-state index < -0.39 is 5.60 Å². The van der Waals surface area contributed by atoms with Gasteiger partial charge in [-0.05, 0) is 64.2 Å². The minimum absolute atomic E-state index is 0.0272. The van der Waals surface area contributed by atoms with Gasteiger partial charge in [0.1, 0.15) is 18.1 Å². The third-order valence-electron chi connectivity index (χ3n) is 6.80. The molecule has 1 unspecified atom stereocenters. The van der Waals surface area contributed by atoms with Gasteiger partial charge in [-0.15, -0.1) is 0 Å². The topological polar surface area (TPSA) is 75.8 Å². The second-order valence-electron chi connectivity index (χ2n) is 8.52. The van der Waals surface area contributed by atoms with Crippen molar-refractivity contribution in [2.45, 2.75) is 58.7 Å². The smallest absolute Gasteiger partial charge is 0.276 e. The Balaban J connectivity index is 1.44. The Morgan fingerprint density at radius 1 is 1.25 bits per heavy atom. The first kappa shape index (κ1) is 19.0. The van der Waals surface area contributed by atoms with Crippen LogP contribution in [0.25, 0.3) is 0 Å². The van der Waals surface area contributed by atoms with Gasteiger partial charge in [0.2, 0.25) is 0 Å². The second-order valence-corrected chi connectivity index (χ2v) is 8.52. The fourth-order valence-electron chi connectivity index (χ4n) is 4.51. The predicted octanol–water partition coefficient (Wildman–Crippen LogP) is 3.64. The molecule has 1 aliphatic heterocycles. The van der Waals surface area contributed by atoms with Gasteiger partial charge in [-0.2, -0.15) is 0 Å². The number of carbonyl (C=O) groups excluding carboxylic acids is 1. The van der Waals surface area contributed by atoms with Crippen molar-refractivity contribution in [1.29, 1.82) is 0 Å². The minimum Gasteiger partial charge on any atom is -0.489 e. The van der Waals surface area contributed by atoms with Gasteiger partial charge in [-0.3, -0.25) is 4.79 Å². The molecule has 1 amide bonds. The number of benzene rings is 1. The highest BCUT2D eigenvalue weighted by Crippen LogP contribution is 2.56. The maximum atomic E-state index is 13.1. The van der Waals surface area contributed by atoms with Crippen LogP contribution in [0, 0.1) is 19.3 Å². The Labute approximate surface area is 165 Å². The first-order valence-corrected chi connectivity index (χ1v) is 9.98. The zero-order chi connectivity index (χ0) is 19.9. The number of ether oxygens (including phenoxy) is 1. The van der Waals surface area contributed by atoms with E-state index >= 15 is 0 Å². The van der Waals surface area contributed by atoms with Crippen LogP contribution in [-0.4, -0.2) is 39.8 Å². The lowest BCUT2D eigenvalue weighted by atomic mass is 9.53. The first-order chi connectivity index (χ1) is 13.3. The molecule has 1 aromatic carbocycles.